The van der Waals surface area contributed by atoms with E-state index >= 15 is 0 Å². The fourth-order valence-electron chi connectivity index (χ4n) is 3.77. The molecule has 3 nitrogen and oxygen atoms in total. The first-order valence-electron chi connectivity index (χ1n) is 7.99. The molecule has 110 valence electrons. The van der Waals surface area contributed by atoms with E-state index in [4.69, 9.17) is 0 Å². The van der Waals surface area contributed by atoms with Gasteiger partial charge in [-0.25, -0.2) is 0 Å². The Bertz CT molecular complexity index is 469. The first kappa shape index (κ1) is 13.9. The SMILES string of the molecule is CC(C)N1CCN(c2cccc3c2CCNC3)CC1C. The molecule has 0 radical (unpaired) electrons. The van der Waals surface area contributed by atoms with Crippen LogP contribution in [-0.2, 0) is 13.0 Å². The number of benzene rings is 1. The lowest BCUT2D eigenvalue weighted by atomic mass is 9.97. The van der Waals surface area contributed by atoms with Crippen molar-refractivity contribution in [1.29, 1.82) is 0 Å². The molecule has 3 rings (SSSR count). The average Bonchev–Trinajstić information content (AvgIpc) is 2.46. The van der Waals surface area contributed by atoms with Gasteiger partial charge in [0, 0.05) is 44.0 Å². The lowest BCUT2D eigenvalue weighted by molar-refractivity contribution is 0.148. The maximum atomic E-state index is 3.48. The quantitative estimate of drug-likeness (QED) is 0.891. The van der Waals surface area contributed by atoms with Crippen molar-refractivity contribution in [3.05, 3.63) is 29.3 Å². The molecule has 2 heterocycles. The molecule has 0 aliphatic carbocycles. The van der Waals surface area contributed by atoms with Gasteiger partial charge in [-0.3, -0.25) is 4.90 Å². The minimum absolute atomic E-state index is 0.640. The van der Waals surface area contributed by atoms with Crippen LogP contribution in [0.1, 0.15) is 31.9 Å². The van der Waals surface area contributed by atoms with Crippen molar-refractivity contribution in [2.45, 2.75) is 45.8 Å². The van der Waals surface area contributed by atoms with Gasteiger partial charge in [-0.05, 0) is 50.9 Å². The summed E-state index contributed by atoms with van der Waals surface area (Å²) < 4.78 is 0. The second-order valence-electron chi connectivity index (χ2n) is 6.47. The first-order valence-corrected chi connectivity index (χ1v) is 7.99. The zero-order valence-corrected chi connectivity index (χ0v) is 13.0. The molecule has 1 saturated heterocycles. The monoisotopic (exact) mass is 273 g/mol. The molecule has 1 aromatic carbocycles. The molecule has 2 aliphatic heterocycles. The topological polar surface area (TPSA) is 18.5 Å². The van der Waals surface area contributed by atoms with Crippen LogP contribution < -0.4 is 10.2 Å². The Morgan fingerprint density at radius 1 is 1.25 bits per heavy atom. The third-order valence-electron chi connectivity index (χ3n) is 4.80. The second kappa shape index (κ2) is 5.74. The van der Waals surface area contributed by atoms with Crippen LogP contribution in [0.15, 0.2) is 18.2 Å². The predicted octanol–water partition coefficient (Wildman–Crippen LogP) is 2.25. The van der Waals surface area contributed by atoms with Crippen molar-refractivity contribution in [3.63, 3.8) is 0 Å². The predicted molar refractivity (Wildman–Crippen MR) is 85.4 cm³/mol. The Morgan fingerprint density at radius 3 is 2.85 bits per heavy atom. The summed E-state index contributed by atoms with van der Waals surface area (Å²) in [5.41, 5.74) is 4.56. The van der Waals surface area contributed by atoms with Gasteiger partial charge in [0.1, 0.15) is 0 Å². The highest BCUT2D eigenvalue weighted by atomic mass is 15.3. The highest BCUT2D eigenvalue weighted by molar-refractivity contribution is 5.58. The van der Waals surface area contributed by atoms with E-state index in [0.717, 1.165) is 26.2 Å². The molecule has 1 fully saturated rings. The number of nitrogens with one attached hydrogen (secondary N) is 1. The van der Waals surface area contributed by atoms with Crippen LogP contribution >= 0.6 is 0 Å². The molecule has 20 heavy (non-hydrogen) atoms. The fourth-order valence-corrected chi connectivity index (χ4v) is 3.77. The van der Waals surface area contributed by atoms with Crippen molar-refractivity contribution in [2.75, 3.05) is 31.1 Å². The molecule has 3 heteroatoms. The maximum Gasteiger partial charge on any atom is 0.0403 e. The lowest BCUT2D eigenvalue weighted by Gasteiger charge is -2.44. The molecule has 2 aliphatic rings. The zero-order chi connectivity index (χ0) is 14.1. The van der Waals surface area contributed by atoms with Crippen LogP contribution in [0.2, 0.25) is 0 Å². The van der Waals surface area contributed by atoms with Crippen molar-refractivity contribution < 1.29 is 0 Å². The van der Waals surface area contributed by atoms with Crippen LogP contribution in [-0.4, -0.2) is 43.2 Å². The number of hydrogen-bond donors (Lipinski definition) is 1. The van der Waals surface area contributed by atoms with E-state index in [1.54, 1.807) is 5.56 Å². The van der Waals surface area contributed by atoms with E-state index in [2.05, 4.69) is 54.1 Å². The van der Waals surface area contributed by atoms with Crippen LogP contribution in [0, 0.1) is 0 Å². The van der Waals surface area contributed by atoms with E-state index in [1.807, 2.05) is 0 Å². The van der Waals surface area contributed by atoms with E-state index in [0.29, 0.717) is 12.1 Å². The van der Waals surface area contributed by atoms with Gasteiger partial charge in [-0.15, -0.1) is 0 Å². The molecule has 0 aromatic heterocycles. The van der Waals surface area contributed by atoms with E-state index in [9.17, 15) is 0 Å². The Hall–Kier alpha value is -1.06. The van der Waals surface area contributed by atoms with Gasteiger partial charge >= 0.3 is 0 Å². The van der Waals surface area contributed by atoms with Crippen molar-refractivity contribution >= 4 is 5.69 Å². The van der Waals surface area contributed by atoms with Crippen LogP contribution in [0.5, 0.6) is 0 Å². The fraction of sp³-hybridized carbons (Fsp3) is 0.647. The molecule has 0 spiro atoms. The Labute approximate surface area is 123 Å². The van der Waals surface area contributed by atoms with Gasteiger partial charge < -0.3 is 10.2 Å². The van der Waals surface area contributed by atoms with Crippen LogP contribution in [0.3, 0.4) is 0 Å². The van der Waals surface area contributed by atoms with E-state index < -0.39 is 0 Å². The Morgan fingerprint density at radius 2 is 2.10 bits per heavy atom. The van der Waals surface area contributed by atoms with Crippen molar-refractivity contribution in [1.82, 2.24) is 10.2 Å². The highest BCUT2D eigenvalue weighted by Gasteiger charge is 2.27. The highest BCUT2D eigenvalue weighted by Crippen LogP contribution is 2.28. The number of hydrogen-bond acceptors (Lipinski definition) is 3. The zero-order valence-electron chi connectivity index (χ0n) is 13.0. The van der Waals surface area contributed by atoms with Gasteiger partial charge in [0.15, 0.2) is 0 Å². The first-order chi connectivity index (χ1) is 9.66. The minimum Gasteiger partial charge on any atom is -0.368 e. The van der Waals surface area contributed by atoms with Crippen molar-refractivity contribution in [3.8, 4) is 0 Å². The summed E-state index contributed by atoms with van der Waals surface area (Å²) in [6.07, 6.45) is 1.17. The molecule has 1 unspecified atom stereocenters. The largest absolute Gasteiger partial charge is 0.368 e. The molecule has 1 atom stereocenters. The third kappa shape index (κ3) is 2.57. The van der Waals surface area contributed by atoms with Crippen LogP contribution in [0.25, 0.3) is 0 Å². The smallest absolute Gasteiger partial charge is 0.0403 e. The van der Waals surface area contributed by atoms with Gasteiger partial charge in [-0.2, -0.15) is 0 Å². The minimum atomic E-state index is 0.640. The van der Waals surface area contributed by atoms with Gasteiger partial charge in [0.2, 0.25) is 0 Å². The summed E-state index contributed by atoms with van der Waals surface area (Å²) in [6, 6.07) is 8.11. The number of anilines is 1. The Kier molecular flexibility index (Phi) is 3.99. The summed E-state index contributed by atoms with van der Waals surface area (Å²) in [7, 11) is 0. The number of rotatable bonds is 2. The third-order valence-corrected chi connectivity index (χ3v) is 4.80. The number of piperazine rings is 1. The average molecular weight is 273 g/mol. The maximum absolute atomic E-state index is 3.48. The van der Waals surface area contributed by atoms with Gasteiger partial charge in [0.25, 0.3) is 0 Å². The van der Waals surface area contributed by atoms with Gasteiger partial charge in [0.05, 0.1) is 0 Å². The van der Waals surface area contributed by atoms with E-state index in [1.165, 1.54) is 24.2 Å². The summed E-state index contributed by atoms with van der Waals surface area (Å²) in [5.74, 6) is 0. The van der Waals surface area contributed by atoms with Crippen LogP contribution in [0.4, 0.5) is 5.69 Å². The molecule has 0 bridgehead atoms. The van der Waals surface area contributed by atoms with Crippen molar-refractivity contribution in [2.24, 2.45) is 0 Å². The summed E-state index contributed by atoms with van der Waals surface area (Å²) in [4.78, 5) is 5.22. The molecular formula is C17H27N3. The molecule has 1 aromatic rings. The van der Waals surface area contributed by atoms with Gasteiger partial charge in [-0.1, -0.05) is 12.1 Å². The summed E-state index contributed by atoms with van der Waals surface area (Å²) >= 11 is 0. The second-order valence-corrected chi connectivity index (χ2v) is 6.47. The molecular weight excluding hydrogens is 246 g/mol. The lowest BCUT2D eigenvalue weighted by Crippen LogP contribution is -2.54. The van der Waals surface area contributed by atoms with E-state index in [-0.39, 0.29) is 0 Å². The molecule has 1 N–H and O–H groups in total. The normalized spacial score (nSPS) is 24.0. The molecule has 0 saturated carbocycles. The number of nitrogens with zero attached hydrogens (tertiary/aromatic N) is 2. The standard InChI is InChI=1S/C17H27N3/c1-13(2)20-10-9-19(12-14(20)3)17-6-4-5-15-11-18-8-7-16(15)17/h4-6,13-14,18H,7-12H2,1-3H3. The molecule has 0 amide bonds. The summed E-state index contributed by atoms with van der Waals surface area (Å²) in [5, 5.41) is 3.48. The summed E-state index contributed by atoms with van der Waals surface area (Å²) in [6.45, 7) is 12.6. The Balaban J connectivity index is 1.81. The number of fused-ring (bicyclic) bond motifs is 1.